The van der Waals surface area contributed by atoms with Crippen LogP contribution in [0, 0.1) is 40.9 Å². The molecule has 4 aliphatic carbocycles. The van der Waals surface area contributed by atoms with E-state index >= 15 is 0 Å². The fraction of sp³-hybridized carbons (Fsp3) is 0.714. The number of allylic oxidation sites excluding steroid dienone is 3. The summed E-state index contributed by atoms with van der Waals surface area (Å²) < 4.78 is 0. The van der Waals surface area contributed by atoms with Crippen molar-refractivity contribution in [3.05, 3.63) is 23.3 Å². The van der Waals surface area contributed by atoms with E-state index in [1.165, 1.54) is 44.1 Å². The first-order chi connectivity index (χ1) is 10.6. The maximum absolute atomic E-state index is 9.93. The average Bonchev–Trinajstić information content (AvgIpc) is 2.84. The van der Waals surface area contributed by atoms with Crippen LogP contribution in [0.5, 0.6) is 0 Å². The summed E-state index contributed by atoms with van der Waals surface area (Å²) in [5.74, 6) is 9.88. The molecule has 118 valence electrons. The van der Waals surface area contributed by atoms with Crippen LogP contribution >= 0.6 is 0 Å². The van der Waals surface area contributed by atoms with E-state index in [1.54, 1.807) is 5.57 Å². The Labute approximate surface area is 134 Å². The smallest absolute Gasteiger partial charge is 0.0723 e. The Hall–Kier alpha value is -1.00. The largest absolute Gasteiger partial charge is 0.389 e. The van der Waals surface area contributed by atoms with Crippen LogP contribution in [0.2, 0.25) is 0 Å². The normalized spacial score (nSPS) is 46.4. The van der Waals surface area contributed by atoms with Gasteiger partial charge in [-0.2, -0.15) is 0 Å². The fourth-order valence-electron chi connectivity index (χ4n) is 6.21. The van der Waals surface area contributed by atoms with E-state index in [0.29, 0.717) is 5.41 Å². The minimum atomic E-state index is -0.170. The molecule has 1 nitrogen and oxygen atoms in total. The van der Waals surface area contributed by atoms with Gasteiger partial charge in [0.25, 0.3) is 0 Å². The topological polar surface area (TPSA) is 20.2 Å². The van der Waals surface area contributed by atoms with Gasteiger partial charge in [-0.25, -0.2) is 0 Å². The predicted octanol–water partition coefficient (Wildman–Crippen LogP) is 4.48. The van der Waals surface area contributed by atoms with Gasteiger partial charge in [0, 0.05) is 11.0 Å². The molecule has 2 fully saturated rings. The lowest BCUT2D eigenvalue weighted by atomic mass is 9.51. The lowest BCUT2D eigenvalue weighted by Crippen LogP contribution is -2.45. The number of rotatable bonds is 0. The molecule has 0 aromatic rings. The first-order valence-electron chi connectivity index (χ1n) is 9.15. The fourth-order valence-corrected chi connectivity index (χ4v) is 6.21. The highest BCUT2D eigenvalue weighted by Gasteiger charge is 2.53. The second-order valence-electron chi connectivity index (χ2n) is 8.15. The Morgan fingerprint density at radius 2 is 2.05 bits per heavy atom. The molecule has 4 rings (SSSR count). The van der Waals surface area contributed by atoms with E-state index in [2.05, 4.69) is 30.9 Å². The minimum Gasteiger partial charge on any atom is -0.389 e. The molecule has 2 saturated carbocycles. The van der Waals surface area contributed by atoms with Crippen LogP contribution in [0.4, 0.5) is 0 Å². The van der Waals surface area contributed by atoms with Crippen LogP contribution < -0.4 is 0 Å². The Kier molecular flexibility index (Phi) is 3.50. The first-order valence-corrected chi connectivity index (χ1v) is 9.15. The standard InChI is InChI=1S/C21H28O/c1-3-4-15-6-10-20-19-8-5-14-13-16(22)7-9-17(14)18(19)11-12-21(15,20)2/h6,13,16-20,22H,5,7-12H2,1-2H3. The molecule has 1 heteroatoms. The Morgan fingerprint density at radius 3 is 2.86 bits per heavy atom. The van der Waals surface area contributed by atoms with Crippen LogP contribution in [0.1, 0.15) is 58.8 Å². The van der Waals surface area contributed by atoms with Gasteiger partial charge in [0.15, 0.2) is 0 Å². The van der Waals surface area contributed by atoms with E-state index in [1.807, 2.05) is 6.92 Å². The SMILES string of the molecule is CC#CC1=CCC2C3CCC4=CC(O)CCC4C3CCC12C. The van der Waals surface area contributed by atoms with Gasteiger partial charge in [-0.3, -0.25) is 0 Å². The molecule has 1 N–H and O–H groups in total. The summed E-state index contributed by atoms with van der Waals surface area (Å²) in [6.07, 6.45) is 13.1. The average molecular weight is 296 g/mol. The monoisotopic (exact) mass is 296 g/mol. The van der Waals surface area contributed by atoms with Crippen molar-refractivity contribution in [3.8, 4) is 11.8 Å². The van der Waals surface area contributed by atoms with Crippen LogP contribution in [0.25, 0.3) is 0 Å². The first kappa shape index (κ1) is 14.6. The van der Waals surface area contributed by atoms with Crippen molar-refractivity contribution < 1.29 is 5.11 Å². The number of aliphatic hydroxyl groups is 1. The summed E-state index contributed by atoms with van der Waals surface area (Å²) in [6, 6.07) is 0. The third-order valence-corrected chi connectivity index (χ3v) is 7.27. The van der Waals surface area contributed by atoms with E-state index < -0.39 is 0 Å². The molecule has 0 aromatic heterocycles. The molecule has 6 atom stereocenters. The van der Waals surface area contributed by atoms with Gasteiger partial charge in [0.1, 0.15) is 0 Å². The van der Waals surface area contributed by atoms with Crippen molar-refractivity contribution >= 4 is 0 Å². The summed E-state index contributed by atoms with van der Waals surface area (Å²) in [5, 5.41) is 9.93. The van der Waals surface area contributed by atoms with E-state index in [4.69, 9.17) is 0 Å². The van der Waals surface area contributed by atoms with Crippen molar-refractivity contribution in [1.82, 2.24) is 0 Å². The van der Waals surface area contributed by atoms with Gasteiger partial charge in [-0.15, -0.1) is 5.92 Å². The van der Waals surface area contributed by atoms with Crippen LogP contribution in [0.15, 0.2) is 23.3 Å². The maximum atomic E-state index is 9.93. The van der Waals surface area contributed by atoms with Crippen molar-refractivity contribution in [1.29, 1.82) is 0 Å². The lowest BCUT2D eigenvalue weighted by Gasteiger charge is -2.53. The van der Waals surface area contributed by atoms with Crippen molar-refractivity contribution in [3.63, 3.8) is 0 Å². The third-order valence-electron chi connectivity index (χ3n) is 7.27. The lowest BCUT2D eigenvalue weighted by molar-refractivity contribution is 0.00629. The number of hydrogen-bond acceptors (Lipinski definition) is 1. The highest BCUT2D eigenvalue weighted by atomic mass is 16.3. The molecule has 22 heavy (non-hydrogen) atoms. The molecule has 0 amide bonds. The van der Waals surface area contributed by atoms with Crippen molar-refractivity contribution in [2.75, 3.05) is 0 Å². The van der Waals surface area contributed by atoms with Crippen LogP contribution in [-0.4, -0.2) is 11.2 Å². The molecule has 0 aliphatic heterocycles. The quantitative estimate of drug-likeness (QED) is 0.516. The van der Waals surface area contributed by atoms with Gasteiger partial charge in [0.2, 0.25) is 0 Å². The second-order valence-corrected chi connectivity index (χ2v) is 8.15. The van der Waals surface area contributed by atoms with Gasteiger partial charge in [-0.1, -0.05) is 30.6 Å². The maximum Gasteiger partial charge on any atom is 0.0723 e. The zero-order chi connectivity index (χ0) is 15.3. The van der Waals surface area contributed by atoms with Crippen LogP contribution in [0.3, 0.4) is 0 Å². The van der Waals surface area contributed by atoms with E-state index in [9.17, 15) is 5.11 Å². The predicted molar refractivity (Wildman–Crippen MR) is 90.0 cm³/mol. The van der Waals surface area contributed by atoms with Gasteiger partial charge < -0.3 is 5.11 Å². The zero-order valence-corrected chi connectivity index (χ0v) is 13.9. The summed E-state index contributed by atoms with van der Waals surface area (Å²) >= 11 is 0. The van der Waals surface area contributed by atoms with Crippen LogP contribution in [-0.2, 0) is 0 Å². The molecular formula is C21H28O. The second kappa shape index (κ2) is 5.27. The number of aliphatic hydroxyl groups excluding tert-OH is 1. The highest BCUT2D eigenvalue weighted by Crippen LogP contribution is 2.61. The van der Waals surface area contributed by atoms with E-state index in [-0.39, 0.29) is 6.10 Å². The summed E-state index contributed by atoms with van der Waals surface area (Å²) in [5.41, 5.74) is 3.36. The number of hydrogen-bond donors (Lipinski definition) is 1. The molecule has 0 bridgehead atoms. The van der Waals surface area contributed by atoms with Gasteiger partial charge in [0.05, 0.1) is 6.10 Å². The zero-order valence-electron chi connectivity index (χ0n) is 13.9. The Balaban J connectivity index is 1.61. The molecule has 0 heterocycles. The highest BCUT2D eigenvalue weighted by molar-refractivity contribution is 5.40. The molecular weight excluding hydrogens is 268 g/mol. The van der Waals surface area contributed by atoms with E-state index in [0.717, 1.165) is 30.1 Å². The van der Waals surface area contributed by atoms with Crippen molar-refractivity contribution in [2.24, 2.45) is 29.1 Å². The molecule has 0 spiro atoms. The summed E-state index contributed by atoms with van der Waals surface area (Å²) in [7, 11) is 0. The molecule has 0 aromatic carbocycles. The molecule has 4 aliphatic rings. The van der Waals surface area contributed by atoms with Crippen molar-refractivity contribution in [2.45, 2.75) is 64.9 Å². The summed E-state index contributed by atoms with van der Waals surface area (Å²) in [6.45, 7) is 4.45. The Morgan fingerprint density at radius 1 is 1.18 bits per heavy atom. The van der Waals surface area contributed by atoms with Gasteiger partial charge >= 0.3 is 0 Å². The Bertz CT molecular complexity index is 587. The molecule has 0 saturated heterocycles. The molecule has 6 unspecified atom stereocenters. The molecule has 0 radical (unpaired) electrons. The number of fused-ring (bicyclic) bond motifs is 5. The summed E-state index contributed by atoms with van der Waals surface area (Å²) in [4.78, 5) is 0. The van der Waals surface area contributed by atoms with Gasteiger partial charge in [-0.05, 0) is 75.5 Å². The minimum absolute atomic E-state index is 0.170. The third kappa shape index (κ3) is 2.04.